The number of terminal acetylenes is 1. The third-order valence-corrected chi connectivity index (χ3v) is 3.60. The molecule has 0 bridgehead atoms. The lowest BCUT2D eigenvalue weighted by Gasteiger charge is -2.17. The first-order valence-corrected chi connectivity index (χ1v) is 6.91. The number of hydrogen-bond donors (Lipinski definition) is 1. The van der Waals surface area contributed by atoms with Crippen LogP contribution in [0, 0.1) is 26.2 Å². The van der Waals surface area contributed by atoms with Gasteiger partial charge in [0, 0.05) is 18.5 Å². The zero-order valence-electron chi connectivity index (χ0n) is 12.4. The van der Waals surface area contributed by atoms with Gasteiger partial charge in [0.05, 0.1) is 5.69 Å². The second-order valence-corrected chi connectivity index (χ2v) is 5.13. The highest BCUT2D eigenvalue weighted by Gasteiger charge is 2.11. The van der Waals surface area contributed by atoms with E-state index in [0.717, 1.165) is 11.5 Å². The molecule has 0 saturated carbocycles. The molecule has 2 aliphatic carbocycles. The maximum Gasteiger partial charge on any atom is 0.250 e. The number of rotatable bonds is 1. The molecule has 0 atom stereocenters. The summed E-state index contributed by atoms with van der Waals surface area (Å²) >= 11 is 0. The minimum atomic E-state index is -0.150. The Morgan fingerprint density at radius 2 is 2.05 bits per heavy atom. The number of pyridine rings is 1. The average molecular weight is 289 g/mol. The van der Waals surface area contributed by atoms with Crippen molar-refractivity contribution in [3.8, 4) is 29.2 Å². The number of fused-ring (bicyclic) bond motifs is 1. The Morgan fingerprint density at radius 3 is 2.45 bits per heavy atom. The lowest BCUT2D eigenvalue weighted by Crippen LogP contribution is -2.06. The highest BCUT2D eigenvalue weighted by molar-refractivity contribution is 5.80. The first-order chi connectivity index (χ1) is 10.6. The van der Waals surface area contributed by atoms with Crippen molar-refractivity contribution >= 4 is 0 Å². The molecule has 1 N–H and O–H groups in total. The summed E-state index contributed by atoms with van der Waals surface area (Å²) in [4.78, 5) is 17.8. The van der Waals surface area contributed by atoms with Gasteiger partial charge in [0.1, 0.15) is 11.5 Å². The monoisotopic (exact) mass is 289 g/mol. The number of nitrogens with one attached hydrogen (secondary N) is 1. The number of aryl methyl sites for hydroxylation is 2. The number of hydrogen-bond acceptors (Lipinski definition) is 2. The van der Waals surface area contributed by atoms with Crippen LogP contribution in [0.25, 0.3) is 16.8 Å². The first-order valence-electron chi connectivity index (χ1n) is 6.91. The quantitative estimate of drug-likeness (QED) is 0.548. The molecule has 0 radical (unpaired) electrons. The molecule has 2 aromatic rings. The van der Waals surface area contributed by atoms with E-state index in [1.807, 2.05) is 6.92 Å². The van der Waals surface area contributed by atoms with Crippen LogP contribution in [-0.2, 0) is 0 Å². The van der Waals surface area contributed by atoms with Crippen LogP contribution in [0.3, 0.4) is 0 Å². The van der Waals surface area contributed by atoms with Crippen molar-refractivity contribution in [2.45, 2.75) is 13.8 Å². The molecule has 0 unspecified atom stereocenters. The lowest BCUT2D eigenvalue weighted by molar-refractivity contribution is 0.966. The Balaban J connectivity index is 0.000000169. The van der Waals surface area contributed by atoms with Gasteiger partial charge in [0.2, 0.25) is 5.56 Å². The number of nitrogens with zero attached hydrogens (tertiary/aromatic N) is 2. The van der Waals surface area contributed by atoms with E-state index in [1.54, 1.807) is 23.0 Å². The van der Waals surface area contributed by atoms with Gasteiger partial charge in [-0.25, -0.2) is 4.98 Å². The zero-order valence-corrected chi connectivity index (χ0v) is 12.4. The minimum Gasteiger partial charge on any atom is -0.329 e. The molecule has 0 aromatic carbocycles. The van der Waals surface area contributed by atoms with Gasteiger partial charge in [-0.15, -0.1) is 6.42 Å². The van der Waals surface area contributed by atoms with Gasteiger partial charge in [-0.1, -0.05) is 18.2 Å². The van der Waals surface area contributed by atoms with Crippen molar-refractivity contribution in [2.75, 3.05) is 0 Å². The highest BCUT2D eigenvalue weighted by atomic mass is 16.1. The van der Waals surface area contributed by atoms with Crippen molar-refractivity contribution in [2.24, 2.45) is 0 Å². The fraction of sp³-hybridized carbons (Fsp3) is 0.111. The van der Waals surface area contributed by atoms with Gasteiger partial charge in [-0.3, -0.25) is 4.79 Å². The van der Waals surface area contributed by atoms with Crippen molar-refractivity contribution in [3.63, 3.8) is 0 Å². The van der Waals surface area contributed by atoms with Crippen molar-refractivity contribution < 1.29 is 0 Å². The molecule has 0 aliphatic heterocycles. The van der Waals surface area contributed by atoms with E-state index in [9.17, 15) is 4.79 Å². The molecule has 4 heteroatoms. The molecule has 108 valence electrons. The Hall–Kier alpha value is -3.06. The lowest BCUT2D eigenvalue weighted by atomic mass is 9.88. The summed E-state index contributed by atoms with van der Waals surface area (Å²) in [6.45, 7) is 3.98. The zero-order chi connectivity index (χ0) is 15.7. The van der Waals surface area contributed by atoms with Gasteiger partial charge in [0.25, 0.3) is 0 Å². The molecule has 2 heterocycles. The largest absolute Gasteiger partial charge is 0.329 e. The van der Waals surface area contributed by atoms with Crippen LogP contribution in [0.15, 0.2) is 47.5 Å². The van der Waals surface area contributed by atoms with Crippen molar-refractivity contribution in [1.29, 1.82) is 0 Å². The second-order valence-electron chi connectivity index (χ2n) is 5.13. The van der Waals surface area contributed by atoms with Crippen LogP contribution in [0.4, 0.5) is 0 Å². The Morgan fingerprint density at radius 1 is 1.23 bits per heavy atom. The van der Waals surface area contributed by atoms with Gasteiger partial charge in [0.15, 0.2) is 0 Å². The van der Waals surface area contributed by atoms with E-state index in [-0.39, 0.29) is 5.56 Å². The molecule has 4 rings (SSSR count). The summed E-state index contributed by atoms with van der Waals surface area (Å²) < 4.78 is 1.78. The van der Waals surface area contributed by atoms with Gasteiger partial charge < -0.3 is 9.55 Å². The van der Waals surface area contributed by atoms with Crippen LogP contribution < -0.4 is 5.56 Å². The normalized spacial score (nSPS) is 10.4. The number of H-pyrrole nitrogens is 1. The summed E-state index contributed by atoms with van der Waals surface area (Å²) in [6, 6.07) is 9.79. The highest BCUT2D eigenvalue weighted by Crippen LogP contribution is 2.35. The third kappa shape index (κ3) is 2.45. The predicted octanol–water partition coefficient (Wildman–Crippen LogP) is 2.83. The molecular formula is C18H15N3O. The number of benzene rings is 1. The molecule has 0 amide bonds. The fourth-order valence-electron chi connectivity index (χ4n) is 2.37. The molecule has 2 aliphatic rings. The number of aromatic amines is 1. The van der Waals surface area contributed by atoms with E-state index < -0.39 is 0 Å². The van der Waals surface area contributed by atoms with Crippen molar-refractivity contribution in [3.05, 3.63) is 70.2 Å². The van der Waals surface area contributed by atoms with Gasteiger partial charge >= 0.3 is 0 Å². The summed E-state index contributed by atoms with van der Waals surface area (Å²) in [5.74, 6) is 3.21. The van der Waals surface area contributed by atoms with Gasteiger partial charge in [-0.2, -0.15) is 0 Å². The topological polar surface area (TPSA) is 50.7 Å². The van der Waals surface area contributed by atoms with E-state index >= 15 is 0 Å². The number of imidazole rings is 1. The first kappa shape index (κ1) is 13.9. The van der Waals surface area contributed by atoms with Crippen LogP contribution in [0.5, 0.6) is 0 Å². The van der Waals surface area contributed by atoms with Crippen LogP contribution in [0.1, 0.15) is 17.1 Å². The Kier molecular flexibility index (Phi) is 3.40. The number of aromatic nitrogens is 3. The second kappa shape index (κ2) is 5.38. The minimum absolute atomic E-state index is 0.150. The van der Waals surface area contributed by atoms with Gasteiger partial charge in [-0.05, 0) is 42.5 Å². The molecule has 0 fully saturated rings. The Labute approximate surface area is 128 Å². The molecule has 22 heavy (non-hydrogen) atoms. The van der Waals surface area contributed by atoms with E-state index in [2.05, 4.69) is 41.0 Å². The van der Waals surface area contributed by atoms with E-state index in [0.29, 0.717) is 5.69 Å². The van der Waals surface area contributed by atoms with E-state index in [1.165, 1.54) is 22.8 Å². The van der Waals surface area contributed by atoms with Crippen LogP contribution >= 0.6 is 0 Å². The standard InChI is InChI=1S/C11H9N3O.C7H6/c1-3-9-7-14(8(2)13-9)10-4-5-12-11(15)6-10;1-5-4-6-2-3-7(5)6/h1,4-7H,2H3,(H,12,15);2-4H,1H3. The predicted molar refractivity (Wildman–Crippen MR) is 87.0 cm³/mol. The summed E-state index contributed by atoms with van der Waals surface area (Å²) in [6.07, 6.45) is 8.56. The molecule has 4 nitrogen and oxygen atoms in total. The van der Waals surface area contributed by atoms with Crippen LogP contribution in [-0.4, -0.2) is 14.5 Å². The maximum absolute atomic E-state index is 11.1. The third-order valence-electron chi connectivity index (χ3n) is 3.60. The molecule has 0 saturated heterocycles. The summed E-state index contributed by atoms with van der Waals surface area (Å²) in [5, 5.41) is 0. The molecule has 0 spiro atoms. The molecular weight excluding hydrogens is 274 g/mol. The molecule has 2 aromatic heterocycles. The smallest absolute Gasteiger partial charge is 0.250 e. The fourth-order valence-corrected chi connectivity index (χ4v) is 2.37. The maximum atomic E-state index is 11.1. The summed E-state index contributed by atoms with van der Waals surface area (Å²) in [5.41, 5.74) is 5.52. The van der Waals surface area contributed by atoms with E-state index in [4.69, 9.17) is 6.42 Å². The summed E-state index contributed by atoms with van der Waals surface area (Å²) in [7, 11) is 0. The van der Waals surface area contributed by atoms with Crippen molar-refractivity contribution in [1.82, 2.24) is 14.5 Å². The SMILES string of the molecule is C#Cc1cn(-c2cc[nH]c(=O)c2)c(C)n1.Cc1cc2ccc1-2. The van der Waals surface area contributed by atoms with Crippen LogP contribution in [0.2, 0.25) is 0 Å². The average Bonchev–Trinajstić information content (AvgIpc) is 2.86. The Bertz CT molecular complexity index is 941.